The number of ether oxygens (including phenoxy) is 1. The zero-order chi connectivity index (χ0) is 10.4. The van der Waals surface area contributed by atoms with Gasteiger partial charge in [-0.05, 0) is 25.7 Å². The number of hydrogen-bond donors (Lipinski definition) is 2. The van der Waals surface area contributed by atoms with E-state index in [1.807, 2.05) is 6.92 Å². The van der Waals surface area contributed by atoms with Gasteiger partial charge < -0.3 is 14.9 Å². The van der Waals surface area contributed by atoms with Crippen LogP contribution in [0.5, 0.6) is 0 Å². The first-order valence-corrected chi connectivity index (χ1v) is 5.69. The lowest BCUT2D eigenvalue weighted by Crippen LogP contribution is -2.37. The Hall–Kier alpha value is -0.120. The van der Waals surface area contributed by atoms with Crippen LogP contribution in [-0.2, 0) is 4.74 Å². The van der Waals surface area contributed by atoms with Crippen LogP contribution in [0.25, 0.3) is 0 Å². The molecule has 0 amide bonds. The molecule has 2 N–H and O–H groups in total. The number of rotatable bonds is 5. The highest BCUT2D eigenvalue weighted by Gasteiger charge is 2.27. The van der Waals surface area contributed by atoms with Crippen LogP contribution in [0.15, 0.2) is 0 Å². The summed E-state index contributed by atoms with van der Waals surface area (Å²) in [5.41, 5.74) is 0. The molecular weight excluding hydrogens is 180 g/mol. The standard InChI is InChI=1S/C11H22O3/c1-2-14-8-10(12)11(13)9-6-4-3-5-7-9/h9-13H,2-8H2,1H3. The molecule has 0 heterocycles. The fourth-order valence-electron chi connectivity index (χ4n) is 2.13. The molecule has 0 aromatic rings. The maximum atomic E-state index is 9.84. The van der Waals surface area contributed by atoms with Gasteiger partial charge in [0, 0.05) is 6.61 Å². The quantitative estimate of drug-likeness (QED) is 0.707. The molecule has 14 heavy (non-hydrogen) atoms. The maximum absolute atomic E-state index is 9.84. The van der Waals surface area contributed by atoms with Crippen molar-refractivity contribution in [2.75, 3.05) is 13.2 Å². The van der Waals surface area contributed by atoms with Gasteiger partial charge in [-0.25, -0.2) is 0 Å². The summed E-state index contributed by atoms with van der Waals surface area (Å²) in [6.45, 7) is 2.74. The molecule has 1 aliphatic rings. The highest BCUT2D eigenvalue weighted by atomic mass is 16.5. The van der Waals surface area contributed by atoms with Crippen molar-refractivity contribution in [2.24, 2.45) is 5.92 Å². The van der Waals surface area contributed by atoms with Gasteiger partial charge in [0.2, 0.25) is 0 Å². The first-order valence-electron chi connectivity index (χ1n) is 5.69. The summed E-state index contributed by atoms with van der Waals surface area (Å²) in [6, 6.07) is 0. The van der Waals surface area contributed by atoms with E-state index in [1.165, 1.54) is 19.3 Å². The molecule has 0 aromatic carbocycles. The van der Waals surface area contributed by atoms with Crippen molar-refractivity contribution in [3.63, 3.8) is 0 Å². The van der Waals surface area contributed by atoms with Crippen molar-refractivity contribution in [3.05, 3.63) is 0 Å². The lowest BCUT2D eigenvalue weighted by atomic mass is 9.83. The summed E-state index contributed by atoms with van der Waals surface area (Å²) >= 11 is 0. The van der Waals surface area contributed by atoms with E-state index in [9.17, 15) is 10.2 Å². The number of aliphatic hydroxyl groups is 2. The third-order valence-corrected chi connectivity index (χ3v) is 3.02. The van der Waals surface area contributed by atoms with Crippen molar-refractivity contribution < 1.29 is 14.9 Å². The fraction of sp³-hybridized carbons (Fsp3) is 1.00. The van der Waals surface area contributed by atoms with Crippen molar-refractivity contribution in [1.82, 2.24) is 0 Å². The second kappa shape index (κ2) is 6.38. The summed E-state index contributed by atoms with van der Waals surface area (Å²) < 4.78 is 5.10. The first kappa shape index (κ1) is 12.0. The largest absolute Gasteiger partial charge is 0.390 e. The Balaban J connectivity index is 2.26. The zero-order valence-electron chi connectivity index (χ0n) is 8.98. The Labute approximate surface area is 86.1 Å². The molecule has 0 spiro atoms. The molecule has 0 aliphatic heterocycles. The average molecular weight is 202 g/mol. The predicted octanol–water partition coefficient (Wildman–Crippen LogP) is 1.32. The summed E-state index contributed by atoms with van der Waals surface area (Å²) in [6.07, 6.45) is 4.42. The van der Waals surface area contributed by atoms with Crippen LogP contribution in [0.2, 0.25) is 0 Å². The molecule has 1 saturated carbocycles. The number of aliphatic hydroxyl groups excluding tert-OH is 2. The molecule has 3 nitrogen and oxygen atoms in total. The van der Waals surface area contributed by atoms with Gasteiger partial charge in [0.05, 0.1) is 12.7 Å². The third kappa shape index (κ3) is 3.56. The van der Waals surface area contributed by atoms with Crippen LogP contribution in [-0.4, -0.2) is 35.6 Å². The van der Waals surface area contributed by atoms with Crippen LogP contribution in [0.1, 0.15) is 39.0 Å². The first-order chi connectivity index (χ1) is 6.75. The maximum Gasteiger partial charge on any atom is 0.103 e. The van der Waals surface area contributed by atoms with Gasteiger partial charge >= 0.3 is 0 Å². The van der Waals surface area contributed by atoms with Crippen LogP contribution < -0.4 is 0 Å². The minimum absolute atomic E-state index is 0.258. The summed E-state index contributed by atoms with van der Waals surface area (Å²) in [4.78, 5) is 0. The fourth-order valence-corrected chi connectivity index (χ4v) is 2.13. The topological polar surface area (TPSA) is 49.7 Å². The lowest BCUT2D eigenvalue weighted by molar-refractivity contribution is -0.0652. The van der Waals surface area contributed by atoms with E-state index in [1.54, 1.807) is 0 Å². The molecule has 1 fully saturated rings. The van der Waals surface area contributed by atoms with Gasteiger partial charge in [-0.2, -0.15) is 0 Å². The molecule has 3 heteroatoms. The smallest absolute Gasteiger partial charge is 0.103 e. The molecule has 1 aliphatic carbocycles. The van der Waals surface area contributed by atoms with Gasteiger partial charge in [0.25, 0.3) is 0 Å². The molecule has 0 aromatic heterocycles. The summed E-state index contributed by atoms with van der Waals surface area (Å²) in [7, 11) is 0. The van der Waals surface area contributed by atoms with E-state index < -0.39 is 12.2 Å². The Morgan fingerprint density at radius 1 is 1.21 bits per heavy atom. The Bertz CT molecular complexity index is 143. The lowest BCUT2D eigenvalue weighted by Gasteiger charge is -2.29. The van der Waals surface area contributed by atoms with Crippen LogP contribution in [0.4, 0.5) is 0 Å². The second-order valence-electron chi connectivity index (χ2n) is 4.12. The zero-order valence-corrected chi connectivity index (χ0v) is 8.98. The molecule has 0 bridgehead atoms. The van der Waals surface area contributed by atoms with Crippen molar-refractivity contribution in [1.29, 1.82) is 0 Å². The van der Waals surface area contributed by atoms with E-state index in [-0.39, 0.29) is 12.5 Å². The third-order valence-electron chi connectivity index (χ3n) is 3.02. The molecule has 1 rings (SSSR count). The molecule has 2 atom stereocenters. The van der Waals surface area contributed by atoms with E-state index in [0.29, 0.717) is 6.61 Å². The second-order valence-corrected chi connectivity index (χ2v) is 4.12. The van der Waals surface area contributed by atoms with Gasteiger partial charge in [0.15, 0.2) is 0 Å². The predicted molar refractivity (Wildman–Crippen MR) is 55.1 cm³/mol. The van der Waals surface area contributed by atoms with Gasteiger partial charge in [-0.1, -0.05) is 19.3 Å². The Morgan fingerprint density at radius 3 is 2.43 bits per heavy atom. The van der Waals surface area contributed by atoms with Gasteiger partial charge in [0.1, 0.15) is 6.10 Å². The average Bonchev–Trinajstić information content (AvgIpc) is 2.26. The van der Waals surface area contributed by atoms with Crippen molar-refractivity contribution in [3.8, 4) is 0 Å². The van der Waals surface area contributed by atoms with E-state index in [2.05, 4.69) is 0 Å². The van der Waals surface area contributed by atoms with Gasteiger partial charge in [-0.3, -0.25) is 0 Å². The van der Waals surface area contributed by atoms with Crippen LogP contribution in [0, 0.1) is 5.92 Å². The SMILES string of the molecule is CCOCC(O)C(O)C1CCCCC1. The Kier molecular flexibility index (Phi) is 5.45. The highest BCUT2D eigenvalue weighted by Crippen LogP contribution is 2.27. The van der Waals surface area contributed by atoms with Crippen LogP contribution in [0.3, 0.4) is 0 Å². The normalized spacial score (nSPS) is 23.4. The van der Waals surface area contributed by atoms with Crippen LogP contribution >= 0.6 is 0 Å². The minimum atomic E-state index is -0.710. The van der Waals surface area contributed by atoms with E-state index in [0.717, 1.165) is 12.8 Å². The molecule has 0 radical (unpaired) electrons. The minimum Gasteiger partial charge on any atom is -0.390 e. The molecule has 84 valence electrons. The molecule has 0 saturated heterocycles. The van der Waals surface area contributed by atoms with E-state index >= 15 is 0 Å². The van der Waals surface area contributed by atoms with E-state index in [4.69, 9.17) is 4.74 Å². The Morgan fingerprint density at radius 2 is 1.86 bits per heavy atom. The number of hydrogen-bond acceptors (Lipinski definition) is 3. The monoisotopic (exact) mass is 202 g/mol. The van der Waals surface area contributed by atoms with Crippen molar-refractivity contribution in [2.45, 2.75) is 51.2 Å². The summed E-state index contributed by atoms with van der Waals surface area (Å²) in [5, 5.41) is 19.5. The highest BCUT2D eigenvalue weighted by molar-refractivity contribution is 4.78. The molecule has 2 unspecified atom stereocenters. The van der Waals surface area contributed by atoms with Gasteiger partial charge in [-0.15, -0.1) is 0 Å². The molecular formula is C11H22O3. The summed E-state index contributed by atoms with van der Waals surface area (Å²) in [5.74, 6) is 0.277. The van der Waals surface area contributed by atoms with Crippen molar-refractivity contribution >= 4 is 0 Å².